The molecule has 0 saturated carbocycles. The first-order valence-electron chi connectivity index (χ1n) is 5.12. The van der Waals surface area contributed by atoms with Gasteiger partial charge in [0.25, 0.3) is 0 Å². The lowest BCUT2D eigenvalue weighted by Gasteiger charge is -2.09. The topological polar surface area (TPSA) is 26.3 Å². The van der Waals surface area contributed by atoms with Crippen molar-refractivity contribution in [3.63, 3.8) is 0 Å². The monoisotopic (exact) mass is 238 g/mol. The van der Waals surface area contributed by atoms with Crippen LogP contribution in [0.3, 0.4) is 0 Å². The fraction of sp³-hybridized carbons (Fsp3) is 0.385. The molecule has 0 saturated heterocycles. The van der Waals surface area contributed by atoms with Gasteiger partial charge in [-0.25, -0.2) is 4.79 Å². The number of rotatable bonds is 2. The van der Waals surface area contributed by atoms with Gasteiger partial charge >= 0.3 is 5.97 Å². The van der Waals surface area contributed by atoms with Crippen LogP contribution < -0.4 is 4.74 Å². The maximum atomic E-state index is 11.8. The predicted molar refractivity (Wildman–Crippen MR) is 71.7 cm³/mol. The summed E-state index contributed by atoms with van der Waals surface area (Å²) >= 11 is 0. The van der Waals surface area contributed by atoms with Crippen LogP contribution in [0.5, 0.6) is 5.75 Å². The molecule has 0 unspecified atom stereocenters. The zero-order chi connectivity index (χ0) is 12.3. The molecular formula is C13H18O2S. The van der Waals surface area contributed by atoms with E-state index in [0.717, 1.165) is 16.0 Å². The third kappa shape index (κ3) is 3.20. The van der Waals surface area contributed by atoms with Gasteiger partial charge in [-0.2, -0.15) is 10.5 Å². The molecule has 0 amide bonds. The van der Waals surface area contributed by atoms with Crippen LogP contribution in [-0.2, 0) is 4.79 Å². The molecular weight excluding hydrogens is 220 g/mol. The smallest absolute Gasteiger partial charge is 0.344 e. The van der Waals surface area contributed by atoms with Crippen LogP contribution in [0, 0.1) is 13.8 Å². The number of ether oxygens (including phenoxy) is 1. The Kier molecular flexibility index (Phi) is 4.30. The zero-order valence-electron chi connectivity index (χ0n) is 10.5. The molecule has 16 heavy (non-hydrogen) atoms. The molecule has 0 bridgehead atoms. The molecule has 0 aliphatic heterocycles. The Morgan fingerprint density at radius 3 is 2.44 bits per heavy atom. The van der Waals surface area contributed by atoms with Gasteiger partial charge in [-0.1, -0.05) is 12.1 Å². The van der Waals surface area contributed by atoms with Gasteiger partial charge in [0.05, 0.1) is 4.86 Å². The highest BCUT2D eigenvalue weighted by molar-refractivity contribution is 8.15. The number of carbonyl (C=O) groups is 1. The maximum absolute atomic E-state index is 11.8. The third-order valence-corrected chi connectivity index (χ3v) is 3.84. The second-order valence-electron chi connectivity index (χ2n) is 4.03. The van der Waals surface area contributed by atoms with E-state index in [1.54, 1.807) is 0 Å². The van der Waals surface area contributed by atoms with Gasteiger partial charge in [0.15, 0.2) is 0 Å². The van der Waals surface area contributed by atoms with Crippen molar-refractivity contribution < 1.29 is 9.53 Å². The van der Waals surface area contributed by atoms with Crippen LogP contribution in [-0.4, -0.2) is 23.3 Å². The van der Waals surface area contributed by atoms with E-state index < -0.39 is 0 Å². The summed E-state index contributed by atoms with van der Waals surface area (Å²) in [5, 5.41) is 0. The van der Waals surface area contributed by atoms with Crippen molar-refractivity contribution >= 4 is 21.3 Å². The summed E-state index contributed by atoms with van der Waals surface area (Å²) in [6.07, 6.45) is 4.03. The molecule has 0 fully saturated rings. The number of benzene rings is 1. The largest absolute Gasteiger partial charge is 0.423 e. The third-order valence-electron chi connectivity index (χ3n) is 2.45. The average Bonchev–Trinajstić information content (AvgIpc) is 2.22. The van der Waals surface area contributed by atoms with Crippen LogP contribution in [0.2, 0.25) is 0 Å². The van der Waals surface area contributed by atoms with E-state index in [1.807, 2.05) is 51.5 Å². The van der Waals surface area contributed by atoms with Crippen molar-refractivity contribution in [2.24, 2.45) is 0 Å². The average molecular weight is 238 g/mol. The molecule has 1 aromatic rings. The lowest BCUT2D eigenvalue weighted by Crippen LogP contribution is -2.18. The van der Waals surface area contributed by atoms with Crippen molar-refractivity contribution in [1.29, 1.82) is 0 Å². The van der Waals surface area contributed by atoms with Gasteiger partial charge in [-0.3, -0.25) is 0 Å². The van der Waals surface area contributed by atoms with Gasteiger partial charge in [0, 0.05) is 0 Å². The fourth-order valence-corrected chi connectivity index (χ4v) is 1.53. The van der Waals surface area contributed by atoms with E-state index >= 15 is 0 Å². The summed E-state index contributed by atoms with van der Waals surface area (Å²) in [5.74, 6) is 0.442. The Morgan fingerprint density at radius 2 is 1.88 bits per heavy atom. The first-order valence-corrected chi connectivity index (χ1v) is 7.16. The summed E-state index contributed by atoms with van der Waals surface area (Å²) in [4.78, 5) is 12.5. The number of aryl methyl sites for hydroxylation is 2. The summed E-state index contributed by atoms with van der Waals surface area (Å²) < 4.78 is 5.38. The Morgan fingerprint density at radius 1 is 1.25 bits per heavy atom. The molecule has 0 N–H and O–H groups in total. The standard InChI is InChI=1S/C13H18O2S/c1-9-6-7-10(2)12(8-9)15-13(14)11(3)16(4)5/h6-8H,1-5H3. The molecule has 88 valence electrons. The molecule has 0 aliphatic rings. The normalized spacial score (nSPS) is 10.4. The number of esters is 1. The molecule has 0 aromatic heterocycles. The summed E-state index contributed by atoms with van der Waals surface area (Å²) in [6, 6.07) is 5.86. The lowest BCUT2D eigenvalue weighted by molar-refractivity contribution is -0.126. The fourth-order valence-electron chi connectivity index (χ4n) is 1.16. The number of hydrogen-bond acceptors (Lipinski definition) is 2. The van der Waals surface area contributed by atoms with Gasteiger partial charge in [0.2, 0.25) is 0 Å². The van der Waals surface area contributed by atoms with Gasteiger partial charge in [-0.05, 0) is 50.5 Å². The second-order valence-corrected chi connectivity index (χ2v) is 6.28. The molecule has 0 heterocycles. The minimum absolute atomic E-state index is 0.0339. The SMILES string of the molecule is CC(C(=O)Oc1cc(C)ccc1C)=S(C)C. The van der Waals surface area contributed by atoms with Crippen molar-refractivity contribution in [3.05, 3.63) is 29.3 Å². The quantitative estimate of drug-likeness (QED) is 0.450. The predicted octanol–water partition coefficient (Wildman–Crippen LogP) is 2.93. The van der Waals surface area contributed by atoms with Crippen molar-refractivity contribution in [3.8, 4) is 5.75 Å². The summed E-state index contributed by atoms with van der Waals surface area (Å²) in [6.45, 7) is 5.75. The molecule has 0 spiro atoms. The van der Waals surface area contributed by atoms with E-state index in [9.17, 15) is 4.79 Å². The maximum Gasteiger partial charge on any atom is 0.344 e. The number of hydrogen-bond donors (Lipinski definition) is 0. The summed E-state index contributed by atoms with van der Waals surface area (Å²) in [7, 11) is -0.0339. The van der Waals surface area contributed by atoms with Crippen LogP contribution in [0.1, 0.15) is 18.1 Å². The summed E-state index contributed by atoms with van der Waals surface area (Å²) in [5.41, 5.74) is 2.08. The van der Waals surface area contributed by atoms with E-state index in [4.69, 9.17) is 4.74 Å². The Labute approximate surface area is 99.6 Å². The second kappa shape index (κ2) is 5.30. The van der Waals surface area contributed by atoms with Crippen molar-refractivity contribution in [1.82, 2.24) is 0 Å². The molecule has 1 aromatic carbocycles. The Bertz CT molecular complexity index is 443. The first-order chi connectivity index (χ1) is 7.41. The van der Waals surface area contributed by atoms with Crippen molar-refractivity contribution in [2.75, 3.05) is 12.5 Å². The van der Waals surface area contributed by atoms with Crippen LogP contribution in [0.4, 0.5) is 0 Å². The lowest BCUT2D eigenvalue weighted by atomic mass is 10.1. The number of carbonyl (C=O) groups excluding carboxylic acids is 1. The highest BCUT2D eigenvalue weighted by atomic mass is 32.2. The molecule has 0 aliphatic carbocycles. The van der Waals surface area contributed by atoms with E-state index in [0.29, 0.717) is 5.75 Å². The van der Waals surface area contributed by atoms with Crippen LogP contribution in [0.25, 0.3) is 0 Å². The van der Waals surface area contributed by atoms with E-state index in [1.165, 1.54) is 0 Å². The zero-order valence-corrected chi connectivity index (χ0v) is 11.3. The molecule has 3 heteroatoms. The molecule has 2 nitrogen and oxygen atoms in total. The highest BCUT2D eigenvalue weighted by Crippen LogP contribution is 2.20. The highest BCUT2D eigenvalue weighted by Gasteiger charge is 2.10. The van der Waals surface area contributed by atoms with E-state index in [2.05, 4.69) is 0 Å². The Hall–Kier alpha value is -1.09. The minimum Gasteiger partial charge on any atom is -0.423 e. The first kappa shape index (κ1) is 13.0. The van der Waals surface area contributed by atoms with E-state index in [-0.39, 0.29) is 16.5 Å². The molecule has 1 rings (SSSR count). The van der Waals surface area contributed by atoms with Crippen LogP contribution in [0.15, 0.2) is 18.2 Å². The molecule has 0 atom stereocenters. The van der Waals surface area contributed by atoms with Gasteiger partial charge in [-0.15, -0.1) is 0 Å². The minimum atomic E-state index is -0.220. The van der Waals surface area contributed by atoms with Crippen LogP contribution >= 0.6 is 10.5 Å². The van der Waals surface area contributed by atoms with Crippen molar-refractivity contribution in [2.45, 2.75) is 20.8 Å². The van der Waals surface area contributed by atoms with Gasteiger partial charge in [0.1, 0.15) is 5.75 Å². The van der Waals surface area contributed by atoms with Gasteiger partial charge < -0.3 is 4.74 Å². The molecule has 0 radical (unpaired) electrons. The Balaban J connectivity index is 2.94.